The number of rotatable bonds is 3. The molecule has 0 spiro atoms. The van der Waals surface area contributed by atoms with Crippen LogP contribution in [0.15, 0.2) is 30.3 Å². The van der Waals surface area contributed by atoms with Crippen molar-refractivity contribution in [2.24, 2.45) is 0 Å². The molecule has 0 saturated heterocycles. The zero-order valence-corrected chi connectivity index (χ0v) is 9.40. The van der Waals surface area contributed by atoms with Crippen molar-refractivity contribution >= 4 is 10.8 Å². The van der Waals surface area contributed by atoms with Crippen LogP contribution >= 0.6 is 0 Å². The lowest BCUT2D eigenvalue weighted by Crippen LogP contribution is -1.87. The van der Waals surface area contributed by atoms with Crippen LogP contribution in [0.25, 0.3) is 10.8 Å². The molecule has 0 aliphatic rings. The van der Waals surface area contributed by atoms with E-state index >= 15 is 0 Å². The predicted octanol–water partition coefficient (Wildman–Crippen LogP) is 3.59. The van der Waals surface area contributed by atoms with Crippen molar-refractivity contribution in [3.63, 3.8) is 0 Å². The molecule has 0 radical (unpaired) electrons. The van der Waals surface area contributed by atoms with Crippen LogP contribution in [0, 0.1) is 0 Å². The van der Waals surface area contributed by atoms with Crippen molar-refractivity contribution < 1.29 is 10.2 Å². The van der Waals surface area contributed by atoms with E-state index < -0.39 is 0 Å². The number of hydrogen-bond acceptors (Lipinski definition) is 2. The van der Waals surface area contributed by atoms with Gasteiger partial charge >= 0.3 is 0 Å². The molecule has 0 aromatic heterocycles. The average molecular weight is 216 g/mol. The third-order valence-corrected chi connectivity index (χ3v) is 2.89. The third kappa shape index (κ3) is 1.83. The highest BCUT2D eigenvalue weighted by molar-refractivity contribution is 5.93. The Labute approximate surface area is 95.2 Å². The van der Waals surface area contributed by atoms with Crippen LogP contribution in [0.1, 0.15) is 25.3 Å². The summed E-state index contributed by atoms with van der Waals surface area (Å²) in [5.74, 6) is 0.525. The molecule has 2 heteroatoms. The Balaban J connectivity index is 2.52. The average Bonchev–Trinajstić information content (AvgIpc) is 2.29. The lowest BCUT2D eigenvalue weighted by Gasteiger charge is -2.08. The molecule has 0 atom stereocenters. The number of phenolic OH excluding ortho intramolecular Hbond substituents is 2. The quantitative estimate of drug-likeness (QED) is 0.823. The Hall–Kier alpha value is -1.70. The van der Waals surface area contributed by atoms with E-state index in [0.717, 1.165) is 30.2 Å². The van der Waals surface area contributed by atoms with Crippen LogP contribution in [0.3, 0.4) is 0 Å². The Morgan fingerprint density at radius 1 is 1.00 bits per heavy atom. The van der Waals surface area contributed by atoms with Gasteiger partial charge in [-0.15, -0.1) is 0 Å². The number of unbranched alkanes of at least 4 members (excludes halogenated alkanes) is 1. The molecule has 0 bridgehead atoms. The van der Waals surface area contributed by atoms with Crippen LogP contribution in [-0.4, -0.2) is 10.2 Å². The predicted molar refractivity (Wildman–Crippen MR) is 65.9 cm³/mol. The number of fused-ring (bicyclic) bond motifs is 1. The van der Waals surface area contributed by atoms with E-state index in [1.807, 2.05) is 18.2 Å². The van der Waals surface area contributed by atoms with E-state index in [9.17, 15) is 10.2 Å². The lowest BCUT2D eigenvalue weighted by molar-refractivity contribution is 0.470. The topological polar surface area (TPSA) is 40.5 Å². The van der Waals surface area contributed by atoms with Gasteiger partial charge in [0, 0.05) is 10.8 Å². The molecule has 0 saturated carbocycles. The maximum absolute atomic E-state index is 10.1. The molecule has 84 valence electrons. The van der Waals surface area contributed by atoms with Gasteiger partial charge in [-0.2, -0.15) is 0 Å². The Bertz CT molecular complexity index is 503. The maximum atomic E-state index is 10.1. The summed E-state index contributed by atoms with van der Waals surface area (Å²) in [7, 11) is 0. The highest BCUT2D eigenvalue weighted by atomic mass is 16.3. The van der Waals surface area contributed by atoms with Gasteiger partial charge in [0.25, 0.3) is 0 Å². The molecule has 16 heavy (non-hydrogen) atoms. The monoisotopic (exact) mass is 216 g/mol. The van der Waals surface area contributed by atoms with Gasteiger partial charge in [-0.25, -0.2) is 0 Å². The van der Waals surface area contributed by atoms with Gasteiger partial charge in [-0.3, -0.25) is 0 Å². The fourth-order valence-corrected chi connectivity index (χ4v) is 1.94. The largest absolute Gasteiger partial charge is 0.507 e. The molecule has 0 unspecified atom stereocenters. The Morgan fingerprint density at radius 2 is 1.81 bits per heavy atom. The van der Waals surface area contributed by atoms with Gasteiger partial charge in [0.05, 0.1) is 0 Å². The number of phenols is 2. The molecule has 2 aromatic rings. The van der Waals surface area contributed by atoms with Crippen molar-refractivity contribution in [3.05, 3.63) is 35.9 Å². The third-order valence-electron chi connectivity index (χ3n) is 2.89. The summed E-state index contributed by atoms with van der Waals surface area (Å²) < 4.78 is 0. The second-order valence-electron chi connectivity index (χ2n) is 4.05. The van der Waals surface area contributed by atoms with Crippen molar-refractivity contribution in [2.45, 2.75) is 26.2 Å². The van der Waals surface area contributed by atoms with Gasteiger partial charge in [0.2, 0.25) is 0 Å². The van der Waals surface area contributed by atoms with E-state index in [1.54, 1.807) is 12.1 Å². The summed E-state index contributed by atoms with van der Waals surface area (Å²) in [6.45, 7) is 2.13. The Kier molecular flexibility index (Phi) is 3.00. The fourth-order valence-electron chi connectivity index (χ4n) is 1.94. The molecule has 2 aromatic carbocycles. The van der Waals surface area contributed by atoms with Crippen molar-refractivity contribution in [3.8, 4) is 11.5 Å². The molecular weight excluding hydrogens is 200 g/mol. The minimum atomic E-state index is 0.217. The standard InChI is InChI=1S/C14H16O2/c1-2-3-5-10-8-9-11-12(14(10)16)6-4-7-13(11)15/h4,6-9,15-16H,2-3,5H2,1H3. The highest BCUT2D eigenvalue weighted by Crippen LogP contribution is 2.34. The second kappa shape index (κ2) is 4.44. The zero-order valence-electron chi connectivity index (χ0n) is 9.40. The van der Waals surface area contributed by atoms with E-state index in [2.05, 4.69) is 6.92 Å². The molecule has 2 N–H and O–H groups in total. The number of aromatic hydroxyl groups is 2. The summed E-state index contributed by atoms with van der Waals surface area (Å²) in [6.07, 6.45) is 3.06. The molecule has 0 amide bonds. The smallest absolute Gasteiger partial charge is 0.126 e. The normalized spacial score (nSPS) is 10.8. The van der Waals surface area contributed by atoms with Gasteiger partial charge in [0.1, 0.15) is 11.5 Å². The number of benzene rings is 2. The molecule has 2 rings (SSSR count). The van der Waals surface area contributed by atoms with Gasteiger partial charge in [-0.05, 0) is 24.5 Å². The SMILES string of the molecule is CCCCc1ccc2c(O)cccc2c1O. The molecule has 0 heterocycles. The van der Waals surface area contributed by atoms with Crippen LogP contribution in [0.5, 0.6) is 11.5 Å². The first-order valence-electron chi connectivity index (χ1n) is 5.66. The molecule has 0 aliphatic heterocycles. The van der Waals surface area contributed by atoms with Gasteiger partial charge < -0.3 is 10.2 Å². The van der Waals surface area contributed by atoms with Gasteiger partial charge in [-0.1, -0.05) is 37.6 Å². The zero-order chi connectivity index (χ0) is 11.5. The Morgan fingerprint density at radius 3 is 2.56 bits per heavy atom. The second-order valence-corrected chi connectivity index (χ2v) is 4.05. The summed E-state index contributed by atoms with van der Waals surface area (Å²) in [4.78, 5) is 0. The summed E-state index contributed by atoms with van der Waals surface area (Å²) in [5.41, 5.74) is 0.958. The first-order chi connectivity index (χ1) is 7.74. The summed E-state index contributed by atoms with van der Waals surface area (Å²) in [5, 5.41) is 21.2. The number of hydrogen-bond donors (Lipinski definition) is 2. The molecule has 0 fully saturated rings. The first kappa shape index (κ1) is 10.8. The minimum absolute atomic E-state index is 0.217. The summed E-state index contributed by atoms with van der Waals surface area (Å²) in [6, 6.07) is 8.98. The molecular formula is C14H16O2. The highest BCUT2D eigenvalue weighted by Gasteiger charge is 2.07. The van der Waals surface area contributed by atoms with Crippen molar-refractivity contribution in [2.75, 3.05) is 0 Å². The molecule has 0 aliphatic carbocycles. The van der Waals surface area contributed by atoms with E-state index in [-0.39, 0.29) is 5.75 Å². The van der Waals surface area contributed by atoms with Gasteiger partial charge in [0.15, 0.2) is 0 Å². The van der Waals surface area contributed by atoms with Crippen LogP contribution in [-0.2, 0) is 6.42 Å². The van der Waals surface area contributed by atoms with E-state index in [4.69, 9.17) is 0 Å². The molecule has 2 nitrogen and oxygen atoms in total. The minimum Gasteiger partial charge on any atom is -0.507 e. The first-order valence-corrected chi connectivity index (χ1v) is 5.66. The van der Waals surface area contributed by atoms with Crippen LogP contribution < -0.4 is 0 Å². The van der Waals surface area contributed by atoms with Crippen LogP contribution in [0.4, 0.5) is 0 Å². The lowest BCUT2D eigenvalue weighted by atomic mass is 10.0. The van der Waals surface area contributed by atoms with Crippen molar-refractivity contribution in [1.29, 1.82) is 0 Å². The van der Waals surface area contributed by atoms with E-state index in [1.165, 1.54) is 0 Å². The maximum Gasteiger partial charge on any atom is 0.126 e. The van der Waals surface area contributed by atoms with E-state index in [0.29, 0.717) is 11.1 Å². The van der Waals surface area contributed by atoms with Crippen molar-refractivity contribution in [1.82, 2.24) is 0 Å². The van der Waals surface area contributed by atoms with Crippen LogP contribution in [0.2, 0.25) is 0 Å². The number of aryl methyl sites for hydroxylation is 1. The fraction of sp³-hybridized carbons (Fsp3) is 0.286. The summed E-state index contributed by atoms with van der Waals surface area (Å²) >= 11 is 0.